The molecular formula is C80H115N15O25S2. The highest BCUT2D eigenvalue weighted by Crippen LogP contribution is 2.26. The Morgan fingerprint density at radius 1 is 0.385 bits per heavy atom. The van der Waals surface area contributed by atoms with Crippen LogP contribution < -0.4 is 16.0 Å². The Labute approximate surface area is 716 Å². The minimum absolute atomic E-state index is 0. The predicted molar refractivity (Wildman–Crippen MR) is 431 cm³/mol. The summed E-state index contributed by atoms with van der Waals surface area (Å²) in [6.07, 6.45) is 21.4. The fourth-order valence-electron chi connectivity index (χ4n) is 13.5. The Morgan fingerprint density at radius 3 is 1.08 bits per heavy atom. The van der Waals surface area contributed by atoms with Crippen molar-refractivity contribution in [1.29, 1.82) is 0 Å². The molecule has 0 saturated carbocycles. The quantitative estimate of drug-likeness (QED) is 0.0366. The highest BCUT2D eigenvalue weighted by atomic mass is 32.2. The number of unbranched alkanes of at least 4 members (excludes halogenated alkanes) is 3. The number of carbonyl (C=O) groups is 20. The van der Waals surface area contributed by atoms with Crippen LogP contribution in [0.5, 0.6) is 0 Å². The van der Waals surface area contributed by atoms with Crippen LogP contribution in [0.4, 0.5) is 0 Å². The van der Waals surface area contributed by atoms with Gasteiger partial charge in [-0.2, -0.15) is 5.06 Å². The first-order valence-electron chi connectivity index (χ1n) is 40.9. The van der Waals surface area contributed by atoms with Crippen molar-refractivity contribution >= 4 is 142 Å². The summed E-state index contributed by atoms with van der Waals surface area (Å²) < 4.78 is 0. The predicted octanol–water partition coefficient (Wildman–Crippen LogP) is 4.38. The highest BCUT2D eigenvalue weighted by Gasteiger charge is 2.39. The van der Waals surface area contributed by atoms with Crippen LogP contribution in [0.3, 0.4) is 0 Å². The third-order valence-electron chi connectivity index (χ3n) is 20.4. The van der Waals surface area contributed by atoms with Crippen molar-refractivity contribution in [3.05, 3.63) is 36.9 Å². The van der Waals surface area contributed by atoms with Gasteiger partial charge in [-0.15, -0.1) is 20.3 Å². The Hall–Kier alpha value is -10.3. The molecule has 122 heavy (non-hydrogen) atoms. The van der Waals surface area contributed by atoms with E-state index in [0.717, 1.165) is 70.6 Å². The van der Waals surface area contributed by atoms with Gasteiger partial charge in [0.15, 0.2) is 16.1 Å². The van der Waals surface area contributed by atoms with Crippen LogP contribution in [-0.4, -0.2) is 271 Å². The normalized spacial score (nSPS) is 20.7. The fraction of sp³-hybridized carbons (Fsp3) is 0.650. The van der Waals surface area contributed by atoms with Gasteiger partial charge in [-0.1, -0.05) is 63.1 Å². The van der Waals surface area contributed by atoms with Crippen molar-refractivity contribution in [2.24, 2.45) is 0 Å². The topological polar surface area (TPSA) is 501 Å². The molecule has 40 nitrogen and oxygen atoms in total. The average Bonchev–Trinajstić information content (AvgIpc) is 1.23. The van der Waals surface area contributed by atoms with Gasteiger partial charge < -0.3 is 35.3 Å². The van der Waals surface area contributed by atoms with E-state index in [1.165, 1.54) is 36.9 Å². The van der Waals surface area contributed by atoms with Gasteiger partial charge in [0.2, 0.25) is 17.7 Å². The number of carbonyl (C=O) groups excluding carboxylic acids is 20. The maximum Gasteiger partial charge on any atom is 0.354 e. The number of piperidine rings is 3. The SMILES string of the molecule is C.CC(NC(=O)CN1C(C)CCCC1C)C(=O)ON1C(=O)CCC1=O.CC1CCCC(C)N1CC(=O)NCC(=O)ON1C(=O)CCC1=O.CC1CCCC(C)N1CC(=O)NCCC(=O)ON1C(=O)CCC1=O.O=C(CCCC(=O)CSc1ncccn1)CON1C(=O)CCC1=O.O=C(CCCCCCC(=O)ON1C(=O)CCC1=O)CSc1ncccn1. The molecule has 8 aliphatic rings. The number of Topliss-reactive ketones (excluding diaryl/α,β-unsaturated/α-hetero) is 3. The van der Waals surface area contributed by atoms with Crippen LogP contribution in [-0.2, 0) is 120 Å². The van der Waals surface area contributed by atoms with Crippen LogP contribution >= 0.6 is 23.5 Å². The average molecular weight is 1750 g/mol. The number of imide groups is 5. The summed E-state index contributed by atoms with van der Waals surface area (Å²) in [5.74, 6) is -8.10. The molecule has 10 rings (SSSR count). The molecule has 42 heteroatoms. The molecule has 672 valence electrons. The van der Waals surface area contributed by atoms with Crippen molar-refractivity contribution in [3.63, 3.8) is 0 Å². The zero-order chi connectivity index (χ0) is 88.7. The number of amides is 13. The van der Waals surface area contributed by atoms with E-state index in [1.54, 1.807) is 36.9 Å². The lowest BCUT2D eigenvalue weighted by Crippen LogP contribution is -2.51. The number of hydroxylamine groups is 10. The lowest BCUT2D eigenvalue weighted by Gasteiger charge is -2.38. The van der Waals surface area contributed by atoms with Gasteiger partial charge in [0.1, 0.15) is 30.8 Å². The number of nitrogens with one attached hydrogen (secondary N) is 3. The largest absolute Gasteiger partial charge is 0.354 e. The monoisotopic (exact) mass is 1750 g/mol. The molecule has 13 amide bonds. The van der Waals surface area contributed by atoms with E-state index in [1.807, 2.05) is 0 Å². The van der Waals surface area contributed by atoms with E-state index in [-0.39, 0.29) is 171 Å². The summed E-state index contributed by atoms with van der Waals surface area (Å²) in [7, 11) is 0. The third kappa shape index (κ3) is 36.0. The van der Waals surface area contributed by atoms with Crippen molar-refractivity contribution in [3.8, 4) is 0 Å². The van der Waals surface area contributed by atoms with Gasteiger partial charge in [0, 0.05) is 157 Å². The second-order valence-electron chi connectivity index (χ2n) is 30.1. The molecule has 8 fully saturated rings. The van der Waals surface area contributed by atoms with Crippen LogP contribution in [0.1, 0.15) is 242 Å². The first-order chi connectivity index (χ1) is 57.7. The molecule has 0 radical (unpaired) electrons. The smallest absolute Gasteiger partial charge is 0.354 e. The van der Waals surface area contributed by atoms with Gasteiger partial charge in [0.25, 0.3) is 59.1 Å². The fourth-order valence-corrected chi connectivity index (χ4v) is 14.9. The number of hydrogen-bond donors (Lipinski definition) is 3. The van der Waals surface area contributed by atoms with Crippen LogP contribution in [0, 0.1) is 0 Å². The first-order valence-corrected chi connectivity index (χ1v) is 42.9. The molecule has 7 unspecified atom stereocenters. The number of thioether (sulfide) groups is 2. The Kier molecular flexibility index (Phi) is 44.9. The van der Waals surface area contributed by atoms with E-state index in [0.29, 0.717) is 103 Å². The summed E-state index contributed by atoms with van der Waals surface area (Å²) in [5, 5.41) is 11.5. The van der Waals surface area contributed by atoms with Crippen LogP contribution in [0.2, 0.25) is 0 Å². The summed E-state index contributed by atoms with van der Waals surface area (Å²) in [6.45, 7) is 14.2. The zero-order valence-corrected chi connectivity index (χ0v) is 71.2. The third-order valence-corrected chi connectivity index (χ3v) is 22.2. The Balaban J connectivity index is 0.000000271. The Morgan fingerprint density at radius 2 is 0.697 bits per heavy atom. The van der Waals surface area contributed by atoms with E-state index in [9.17, 15) is 95.9 Å². The number of hydrogen-bond acceptors (Lipinski definition) is 34. The number of likely N-dealkylation sites (tertiary alicyclic amines) is 3. The number of aromatic nitrogens is 4. The zero-order valence-electron chi connectivity index (χ0n) is 69.6. The van der Waals surface area contributed by atoms with Crippen LogP contribution in [0.25, 0.3) is 0 Å². The molecule has 0 aromatic carbocycles. The van der Waals surface area contributed by atoms with Crippen molar-refractivity contribution in [1.82, 2.24) is 75.9 Å². The van der Waals surface area contributed by atoms with E-state index in [4.69, 9.17) is 19.4 Å². The van der Waals surface area contributed by atoms with E-state index < -0.39 is 89.0 Å². The van der Waals surface area contributed by atoms with E-state index in [2.05, 4.69) is 97.0 Å². The highest BCUT2D eigenvalue weighted by molar-refractivity contribution is 8.00. The van der Waals surface area contributed by atoms with E-state index >= 15 is 0 Å². The molecule has 2 aromatic rings. The van der Waals surface area contributed by atoms with Crippen molar-refractivity contribution in [2.45, 2.75) is 295 Å². The molecule has 0 spiro atoms. The minimum atomic E-state index is -0.936. The van der Waals surface area contributed by atoms with Gasteiger partial charge >= 0.3 is 23.9 Å². The summed E-state index contributed by atoms with van der Waals surface area (Å²) in [5.41, 5.74) is 0. The first kappa shape index (κ1) is 102. The van der Waals surface area contributed by atoms with Gasteiger partial charge in [-0.3, -0.25) is 96.2 Å². The maximum atomic E-state index is 12.2. The molecule has 7 atom stereocenters. The molecular weight excluding hydrogens is 1640 g/mol. The molecule has 2 aromatic heterocycles. The van der Waals surface area contributed by atoms with Gasteiger partial charge in [0.05, 0.1) is 37.6 Å². The molecule has 0 bridgehead atoms. The molecule has 0 aliphatic carbocycles. The molecule has 3 N–H and O–H groups in total. The van der Waals surface area contributed by atoms with Crippen molar-refractivity contribution < 1.29 is 120 Å². The summed E-state index contributed by atoms with van der Waals surface area (Å²) in [6, 6.07) is 4.53. The summed E-state index contributed by atoms with van der Waals surface area (Å²) in [4.78, 5) is 278. The Bertz CT molecular complexity index is 3890. The second kappa shape index (κ2) is 53.6. The summed E-state index contributed by atoms with van der Waals surface area (Å²) >= 11 is 2.58. The minimum Gasteiger partial charge on any atom is -0.354 e. The van der Waals surface area contributed by atoms with Crippen molar-refractivity contribution in [2.75, 3.05) is 50.8 Å². The maximum absolute atomic E-state index is 12.2. The standard InChI is InChI=1S/C17H21N3O5S.2C16H25N3O5.C15H17N3O5S.C15H23N3O5.CH4/c21-13(12-26-17-18-10-5-11-19-17)6-3-1-2-4-7-16(24)25-20-14(22)8-9-15(20)23;1-10-5-4-6-11(2)18(10)9-13(20)17-12(3)16(23)24-19-14(21)7-8-15(19)22;1-11-4-3-5-12(2)18(11)10-13(20)17-9-8-16(23)24-19-14(21)6-7-15(19)22;19-11(9-23-18-13(21)5-6-14(18)22)3-1-4-12(20)10-24-15-16-7-2-8-17-15;1-10-4-3-5-11(2)17(10)9-12(19)16-8-15(22)23-18-13(20)6-7-14(18)21;/h5,10-11H,1-4,6-9,12H2;10-12H,4-9H2,1-3H3,(H,17,20);11-12H,3-10H2,1-2H3,(H,17,20);2,7-8H,1,3-6,9-10H2;10-11H,3-9H2,1-2H3,(H,16,19);1H4. The molecule has 10 heterocycles. The number of rotatable bonds is 37. The number of ketones is 3. The number of nitrogens with zero attached hydrogens (tertiary/aromatic N) is 12. The lowest BCUT2D eigenvalue weighted by atomic mass is 9.97. The van der Waals surface area contributed by atoms with Gasteiger partial charge in [-0.05, 0) is 118 Å². The lowest BCUT2D eigenvalue weighted by molar-refractivity contribution is -0.198. The van der Waals surface area contributed by atoms with Gasteiger partial charge in [-0.25, -0.2) is 39.1 Å². The molecule has 8 saturated heterocycles. The van der Waals surface area contributed by atoms with Crippen LogP contribution in [0.15, 0.2) is 47.2 Å². The molecule has 8 aliphatic heterocycles. The second-order valence-corrected chi connectivity index (χ2v) is 32.0.